The lowest BCUT2D eigenvalue weighted by molar-refractivity contribution is -0.152. The molecule has 0 saturated carbocycles. The van der Waals surface area contributed by atoms with E-state index in [9.17, 15) is 4.79 Å². The molecule has 0 aliphatic carbocycles. The first kappa shape index (κ1) is 20.4. The molecule has 7 nitrogen and oxygen atoms in total. The average Bonchev–Trinajstić information content (AvgIpc) is 2.57. The molecule has 1 rings (SSSR count). The van der Waals surface area contributed by atoms with Gasteiger partial charge in [-0.2, -0.15) is 0 Å². The SMILES string of the molecule is COCC(COC)(COCCOC(=O)Cc1ccc(N)cc1)OC. The molecule has 1 aromatic carbocycles. The molecule has 0 bridgehead atoms. The Morgan fingerprint density at radius 1 is 1.00 bits per heavy atom. The zero-order valence-electron chi connectivity index (χ0n) is 14.6. The van der Waals surface area contributed by atoms with Crippen LogP contribution in [0.4, 0.5) is 5.69 Å². The van der Waals surface area contributed by atoms with E-state index >= 15 is 0 Å². The van der Waals surface area contributed by atoms with Crippen molar-refractivity contribution in [2.24, 2.45) is 0 Å². The van der Waals surface area contributed by atoms with Gasteiger partial charge in [0.1, 0.15) is 12.2 Å². The number of carbonyl (C=O) groups excluding carboxylic acids is 1. The summed E-state index contributed by atoms with van der Waals surface area (Å²) in [5, 5.41) is 0. The first-order valence-corrected chi connectivity index (χ1v) is 7.66. The summed E-state index contributed by atoms with van der Waals surface area (Å²) in [6, 6.07) is 7.11. The molecule has 0 atom stereocenters. The van der Waals surface area contributed by atoms with E-state index in [0.717, 1.165) is 5.56 Å². The Hall–Kier alpha value is -1.67. The van der Waals surface area contributed by atoms with Crippen molar-refractivity contribution in [1.82, 2.24) is 0 Å². The molecular weight excluding hydrogens is 314 g/mol. The largest absolute Gasteiger partial charge is 0.463 e. The second-order valence-electron chi connectivity index (χ2n) is 5.44. The third-order valence-corrected chi connectivity index (χ3v) is 3.43. The van der Waals surface area contributed by atoms with Crippen LogP contribution in [0, 0.1) is 0 Å². The Kier molecular flexibility index (Phi) is 9.33. The maximum atomic E-state index is 11.7. The Morgan fingerprint density at radius 2 is 1.62 bits per heavy atom. The number of hydrogen-bond donors (Lipinski definition) is 1. The highest BCUT2D eigenvalue weighted by Crippen LogP contribution is 2.12. The van der Waals surface area contributed by atoms with E-state index in [1.165, 1.54) is 0 Å². The quantitative estimate of drug-likeness (QED) is 0.345. The second-order valence-corrected chi connectivity index (χ2v) is 5.44. The zero-order chi connectivity index (χ0) is 17.8. The van der Waals surface area contributed by atoms with Crippen LogP contribution in [-0.4, -0.2) is 65.9 Å². The number of carbonyl (C=O) groups is 1. The summed E-state index contributed by atoms with van der Waals surface area (Å²) in [4.78, 5) is 11.7. The van der Waals surface area contributed by atoms with Gasteiger partial charge in [-0.1, -0.05) is 12.1 Å². The Bertz CT molecular complexity index is 470. The number of hydrogen-bond acceptors (Lipinski definition) is 7. The molecule has 0 spiro atoms. The summed E-state index contributed by atoms with van der Waals surface area (Å²) < 4.78 is 26.4. The lowest BCUT2D eigenvalue weighted by Crippen LogP contribution is -2.46. The van der Waals surface area contributed by atoms with Crippen LogP contribution < -0.4 is 5.73 Å². The molecule has 136 valence electrons. The summed E-state index contributed by atoms with van der Waals surface area (Å²) in [6.45, 7) is 1.41. The van der Waals surface area contributed by atoms with Crippen LogP contribution >= 0.6 is 0 Å². The van der Waals surface area contributed by atoms with Gasteiger partial charge in [0.25, 0.3) is 0 Å². The minimum Gasteiger partial charge on any atom is -0.463 e. The number of esters is 1. The lowest BCUT2D eigenvalue weighted by Gasteiger charge is -2.30. The fourth-order valence-electron chi connectivity index (χ4n) is 2.15. The summed E-state index contributed by atoms with van der Waals surface area (Å²) >= 11 is 0. The first-order valence-electron chi connectivity index (χ1n) is 7.66. The fraction of sp³-hybridized carbons (Fsp3) is 0.588. The van der Waals surface area contributed by atoms with Gasteiger partial charge in [0.15, 0.2) is 0 Å². The first-order chi connectivity index (χ1) is 11.5. The third kappa shape index (κ3) is 7.27. The van der Waals surface area contributed by atoms with Crippen molar-refractivity contribution in [1.29, 1.82) is 0 Å². The van der Waals surface area contributed by atoms with Gasteiger partial charge in [0, 0.05) is 27.0 Å². The minimum absolute atomic E-state index is 0.174. The molecule has 0 saturated heterocycles. The smallest absolute Gasteiger partial charge is 0.310 e. The Labute approximate surface area is 143 Å². The van der Waals surface area contributed by atoms with Crippen molar-refractivity contribution in [3.8, 4) is 0 Å². The molecule has 0 aromatic heterocycles. The summed E-state index contributed by atoms with van der Waals surface area (Å²) in [6.07, 6.45) is 0.204. The van der Waals surface area contributed by atoms with E-state index in [-0.39, 0.29) is 32.2 Å². The molecule has 0 aliphatic heterocycles. The molecule has 2 N–H and O–H groups in total. The van der Waals surface area contributed by atoms with Crippen molar-refractivity contribution in [2.75, 3.05) is 60.1 Å². The predicted octanol–water partition coefficient (Wildman–Crippen LogP) is 1.05. The van der Waals surface area contributed by atoms with Crippen LogP contribution in [0.1, 0.15) is 5.56 Å². The van der Waals surface area contributed by atoms with Gasteiger partial charge < -0.3 is 29.4 Å². The summed E-state index contributed by atoms with van der Waals surface area (Å²) in [7, 11) is 4.75. The predicted molar refractivity (Wildman–Crippen MR) is 89.8 cm³/mol. The molecule has 0 aliphatic rings. The van der Waals surface area contributed by atoms with Crippen molar-refractivity contribution >= 4 is 11.7 Å². The molecule has 0 amide bonds. The van der Waals surface area contributed by atoms with E-state index < -0.39 is 5.60 Å². The van der Waals surface area contributed by atoms with Crippen molar-refractivity contribution in [3.63, 3.8) is 0 Å². The van der Waals surface area contributed by atoms with Crippen molar-refractivity contribution < 1.29 is 28.5 Å². The topological polar surface area (TPSA) is 89.2 Å². The third-order valence-electron chi connectivity index (χ3n) is 3.43. The summed E-state index contributed by atoms with van der Waals surface area (Å²) in [5.41, 5.74) is 6.45. The van der Waals surface area contributed by atoms with Crippen LogP contribution in [0.5, 0.6) is 0 Å². The normalized spacial score (nSPS) is 11.5. The van der Waals surface area contributed by atoms with Crippen molar-refractivity contribution in [2.45, 2.75) is 12.0 Å². The number of methoxy groups -OCH3 is 3. The van der Waals surface area contributed by atoms with Crippen LogP contribution in [0.2, 0.25) is 0 Å². The van der Waals surface area contributed by atoms with Crippen LogP contribution in [-0.2, 0) is 34.9 Å². The van der Waals surface area contributed by atoms with Gasteiger partial charge in [-0.15, -0.1) is 0 Å². The Balaban J connectivity index is 2.26. The molecule has 24 heavy (non-hydrogen) atoms. The zero-order valence-corrected chi connectivity index (χ0v) is 14.6. The van der Waals surface area contributed by atoms with Gasteiger partial charge in [-0.25, -0.2) is 0 Å². The molecule has 0 unspecified atom stereocenters. The number of nitrogens with two attached hydrogens (primary N) is 1. The number of rotatable bonds is 12. The van der Waals surface area contributed by atoms with Gasteiger partial charge in [0.2, 0.25) is 0 Å². The van der Waals surface area contributed by atoms with E-state index in [1.807, 2.05) is 0 Å². The maximum Gasteiger partial charge on any atom is 0.310 e. The standard InChI is InChI=1S/C17H27NO6/c1-20-11-17(22-3,12-21-2)13-23-8-9-24-16(19)10-14-4-6-15(18)7-5-14/h4-7H,8-13,18H2,1-3H3. The fourth-order valence-corrected chi connectivity index (χ4v) is 2.15. The molecular formula is C17H27NO6. The molecule has 0 fully saturated rings. The number of benzene rings is 1. The molecule has 0 heterocycles. The van der Waals surface area contributed by atoms with E-state index in [4.69, 9.17) is 29.4 Å². The molecule has 0 radical (unpaired) electrons. The van der Waals surface area contributed by atoms with Crippen molar-refractivity contribution in [3.05, 3.63) is 29.8 Å². The van der Waals surface area contributed by atoms with Gasteiger partial charge >= 0.3 is 5.97 Å². The molecule has 1 aromatic rings. The van der Waals surface area contributed by atoms with Gasteiger partial charge in [0.05, 0.1) is 32.8 Å². The highest BCUT2D eigenvalue weighted by Gasteiger charge is 2.30. The van der Waals surface area contributed by atoms with Gasteiger partial charge in [-0.05, 0) is 17.7 Å². The number of nitrogen functional groups attached to an aromatic ring is 1. The highest BCUT2D eigenvalue weighted by molar-refractivity contribution is 5.72. The van der Waals surface area contributed by atoms with Crippen LogP contribution in [0.3, 0.4) is 0 Å². The second kappa shape index (κ2) is 11.0. The van der Waals surface area contributed by atoms with E-state index in [0.29, 0.717) is 18.9 Å². The highest BCUT2D eigenvalue weighted by atomic mass is 16.6. The average molecular weight is 341 g/mol. The lowest BCUT2D eigenvalue weighted by atomic mass is 10.1. The number of anilines is 1. The minimum atomic E-state index is -0.669. The van der Waals surface area contributed by atoms with Gasteiger partial charge in [-0.3, -0.25) is 4.79 Å². The monoisotopic (exact) mass is 341 g/mol. The molecule has 7 heteroatoms. The Morgan fingerprint density at radius 3 is 2.17 bits per heavy atom. The maximum absolute atomic E-state index is 11.7. The summed E-state index contributed by atoms with van der Waals surface area (Å²) in [5.74, 6) is -0.310. The number of ether oxygens (including phenoxy) is 5. The van der Waals surface area contributed by atoms with Crippen LogP contribution in [0.25, 0.3) is 0 Å². The van der Waals surface area contributed by atoms with E-state index in [1.54, 1.807) is 45.6 Å². The van der Waals surface area contributed by atoms with E-state index in [2.05, 4.69) is 0 Å². The van der Waals surface area contributed by atoms with Crippen LogP contribution in [0.15, 0.2) is 24.3 Å².